The average Bonchev–Trinajstić information content (AvgIpc) is 3.00. The Morgan fingerprint density at radius 3 is 2.64 bits per heavy atom. The molecule has 25 heavy (non-hydrogen) atoms. The van der Waals surface area contributed by atoms with Crippen LogP contribution in [-0.2, 0) is 18.4 Å². The third-order valence-electron chi connectivity index (χ3n) is 4.29. The molecule has 0 spiro atoms. The van der Waals surface area contributed by atoms with Crippen LogP contribution in [0.3, 0.4) is 0 Å². The van der Waals surface area contributed by atoms with Crippen molar-refractivity contribution in [1.29, 1.82) is 0 Å². The van der Waals surface area contributed by atoms with Crippen molar-refractivity contribution in [2.24, 2.45) is 7.05 Å². The first-order valence-electron chi connectivity index (χ1n) is 8.52. The van der Waals surface area contributed by atoms with Crippen LogP contribution in [0.2, 0.25) is 0 Å². The van der Waals surface area contributed by atoms with Gasteiger partial charge in [0.15, 0.2) is 0 Å². The van der Waals surface area contributed by atoms with Crippen molar-refractivity contribution in [2.75, 3.05) is 25.0 Å². The third-order valence-corrected chi connectivity index (χ3v) is 4.29. The molecule has 0 unspecified atom stereocenters. The van der Waals surface area contributed by atoms with Gasteiger partial charge in [-0.05, 0) is 25.4 Å². The molecular formula is C20H24N4O. The van der Waals surface area contributed by atoms with E-state index in [2.05, 4.69) is 23.3 Å². The molecule has 1 amide bonds. The molecule has 5 nitrogen and oxygen atoms in total. The van der Waals surface area contributed by atoms with Gasteiger partial charge in [-0.2, -0.15) is 5.10 Å². The molecule has 0 aliphatic carbocycles. The van der Waals surface area contributed by atoms with Crippen LogP contribution in [0.15, 0.2) is 54.9 Å². The molecule has 0 fully saturated rings. The summed E-state index contributed by atoms with van der Waals surface area (Å²) in [7, 11) is 3.86. The Morgan fingerprint density at radius 1 is 1.16 bits per heavy atom. The summed E-state index contributed by atoms with van der Waals surface area (Å²) >= 11 is 0. The van der Waals surface area contributed by atoms with Crippen LogP contribution < -0.4 is 4.90 Å². The largest absolute Gasteiger partial charge is 0.311 e. The number of nitrogens with zero attached hydrogens (tertiary/aromatic N) is 4. The molecule has 0 radical (unpaired) electrons. The highest BCUT2D eigenvalue weighted by molar-refractivity contribution is 6.04. The molecule has 3 aromatic rings. The summed E-state index contributed by atoms with van der Waals surface area (Å²) in [6.45, 7) is 3.73. The molecule has 2 aromatic carbocycles. The van der Waals surface area contributed by atoms with Crippen LogP contribution in [0.25, 0.3) is 10.8 Å². The van der Waals surface area contributed by atoms with Crippen molar-refractivity contribution in [3.8, 4) is 0 Å². The Hall–Kier alpha value is -2.66. The molecule has 130 valence electrons. The van der Waals surface area contributed by atoms with E-state index in [1.54, 1.807) is 4.68 Å². The van der Waals surface area contributed by atoms with Gasteiger partial charge in [-0.1, -0.05) is 36.4 Å². The number of anilines is 1. The fourth-order valence-electron chi connectivity index (χ4n) is 3.16. The van der Waals surface area contributed by atoms with E-state index in [1.807, 2.05) is 67.5 Å². The fraction of sp³-hybridized carbons (Fsp3) is 0.300. The zero-order valence-corrected chi connectivity index (χ0v) is 15.0. The van der Waals surface area contributed by atoms with Gasteiger partial charge in [-0.3, -0.25) is 14.4 Å². The quantitative estimate of drug-likeness (QED) is 0.695. The van der Waals surface area contributed by atoms with E-state index in [4.69, 9.17) is 0 Å². The van der Waals surface area contributed by atoms with Crippen LogP contribution in [0.1, 0.15) is 12.5 Å². The number of aryl methyl sites for hydroxylation is 1. The van der Waals surface area contributed by atoms with Gasteiger partial charge in [0.1, 0.15) is 0 Å². The average molecular weight is 336 g/mol. The summed E-state index contributed by atoms with van der Waals surface area (Å²) in [5, 5.41) is 6.43. The van der Waals surface area contributed by atoms with Crippen LogP contribution in [-0.4, -0.2) is 40.7 Å². The summed E-state index contributed by atoms with van der Waals surface area (Å²) in [4.78, 5) is 16.8. The van der Waals surface area contributed by atoms with Crippen molar-refractivity contribution >= 4 is 22.4 Å². The number of carbonyl (C=O) groups is 1. The summed E-state index contributed by atoms with van der Waals surface area (Å²) in [5.41, 5.74) is 2.08. The minimum Gasteiger partial charge on any atom is -0.311 e. The van der Waals surface area contributed by atoms with Crippen molar-refractivity contribution in [2.45, 2.75) is 13.5 Å². The molecule has 0 aliphatic rings. The maximum atomic E-state index is 12.9. The number of aromatic nitrogens is 2. The number of carbonyl (C=O) groups excluding carboxylic acids is 1. The van der Waals surface area contributed by atoms with Crippen LogP contribution >= 0.6 is 0 Å². The summed E-state index contributed by atoms with van der Waals surface area (Å²) < 4.78 is 1.78. The Labute approximate surface area is 148 Å². The SMILES string of the molecule is CCN(C(=O)CN(C)Cc1cnn(C)c1)c1cccc2ccccc12. The Morgan fingerprint density at radius 2 is 1.92 bits per heavy atom. The normalized spacial score (nSPS) is 11.2. The van der Waals surface area contributed by atoms with Gasteiger partial charge in [0, 0.05) is 37.3 Å². The van der Waals surface area contributed by atoms with E-state index in [0.29, 0.717) is 19.6 Å². The molecule has 1 heterocycles. The lowest BCUT2D eigenvalue weighted by Gasteiger charge is -2.25. The number of fused-ring (bicyclic) bond motifs is 1. The van der Waals surface area contributed by atoms with Crippen LogP contribution in [0.5, 0.6) is 0 Å². The zero-order valence-electron chi connectivity index (χ0n) is 15.0. The van der Waals surface area contributed by atoms with Crippen molar-refractivity contribution in [1.82, 2.24) is 14.7 Å². The number of hydrogen-bond donors (Lipinski definition) is 0. The molecule has 5 heteroatoms. The van der Waals surface area contributed by atoms with Crippen molar-refractivity contribution in [3.05, 3.63) is 60.4 Å². The Balaban J connectivity index is 1.76. The number of rotatable bonds is 6. The second-order valence-electron chi connectivity index (χ2n) is 6.33. The van der Waals surface area contributed by atoms with Gasteiger partial charge >= 0.3 is 0 Å². The number of likely N-dealkylation sites (N-methyl/N-ethyl adjacent to an activating group) is 2. The van der Waals surface area contributed by atoms with Gasteiger partial charge in [-0.25, -0.2) is 0 Å². The molecule has 0 bridgehead atoms. The third kappa shape index (κ3) is 3.88. The number of hydrogen-bond acceptors (Lipinski definition) is 3. The molecule has 3 rings (SSSR count). The molecule has 0 atom stereocenters. The highest BCUT2D eigenvalue weighted by Crippen LogP contribution is 2.26. The van der Waals surface area contributed by atoms with Gasteiger partial charge in [0.05, 0.1) is 18.4 Å². The van der Waals surface area contributed by atoms with Gasteiger partial charge < -0.3 is 4.90 Å². The summed E-state index contributed by atoms with van der Waals surface area (Å²) in [5.74, 6) is 0.102. The monoisotopic (exact) mass is 336 g/mol. The van der Waals surface area contributed by atoms with E-state index in [0.717, 1.165) is 22.0 Å². The first-order chi connectivity index (χ1) is 12.1. The lowest BCUT2D eigenvalue weighted by atomic mass is 10.1. The van der Waals surface area contributed by atoms with E-state index in [1.165, 1.54) is 0 Å². The van der Waals surface area contributed by atoms with Crippen molar-refractivity contribution < 1.29 is 4.79 Å². The predicted octanol–water partition coefficient (Wildman–Crippen LogP) is 3.06. The maximum absolute atomic E-state index is 12.9. The predicted molar refractivity (Wildman–Crippen MR) is 102 cm³/mol. The molecule has 0 aliphatic heterocycles. The first kappa shape index (κ1) is 17.2. The summed E-state index contributed by atoms with van der Waals surface area (Å²) in [6, 6.07) is 14.3. The fourth-order valence-corrected chi connectivity index (χ4v) is 3.16. The lowest BCUT2D eigenvalue weighted by Crippen LogP contribution is -2.38. The Bertz CT molecular complexity index is 866. The lowest BCUT2D eigenvalue weighted by molar-refractivity contribution is -0.119. The van der Waals surface area contributed by atoms with E-state index < -0.39 is 0 Å². The molecule has 0 saturated heterocycles. The smallest absolute Gasteiger partial charge is 0.241 e. The minimum atomic E-state index is 0.102. The zero-order chi connectivity index (χ0) is 17.8. The van der Waals surface area contributed by atoms with E-state index in [9.17, 15) is 4.79 Å². The van der Waals surface area contributed by atoms with Crippen molar-refractivity contribution in [3.63, 3.8) is 0 Å². The van der Waals surface area contributed by atoms with Crippen LogP contribution in [0, 0.1) is 0 Å². The number of amides is 1. The second kappa shape index (κ2) is 7.49. The standard InChI is InChI=1S/C20H24N4O/c1-4-24(19-11-7-9-17-8-5-6-10-18(17)19)20(25)15-22(2)13-16-12-21-23(3)14-16/h5-12,14H,4,13,15H2,1-3H3. The molecule has 0 saturated carbocycles. The van der Waals surface area contributed by atoms with Gasteiger partial charge in [-0.15, -0.1) is 0 Å². The number of benzene rings is 2. The molecular weight excluding hydrogens is 312 g/mol. The van der Waals surface area contributed by atoms with E-state index >= 15 is 0 Å². The summed E-state index contributed by atoms with van der Waals surface area (Å²) in [6.07, 6.45) is 3.81. The minimum absolute atomic E-state index is 0.102. The highest BCUT2D eigenvalue weighted by Gasteiger charge is 2.18. The second-order valence-corrected chi connectivity index (χ2v) is 6.33. The van der Waals surface area contributed by atoms with Gasteiger partial charge in [0.2, 0.25) is 5.91 Å². The highest BCUT2D eigenvalue weighted by atomic mass is 16.2. The Kier molecular flexibility index (Phi) is 5.14. The topological polar surface area (TPSA) is 41.4 Å². The molecule has 0 N–H and O–H groups in total. The molecule has 1 aromatic heterocycles. The maximum Gasteiger partial charge on any atom is 0.241 e. The van der Waals surface area contributed by atoms with Gasteiger partial charge in [0.25, 0.3) is 0 Å². The van der Waals surface area contributed by atoms with E-state index in [-0.39, 0.29) is 5.91 Å². The van der Waals surface area contributed by atoms with Crippen LogP contribution in [0.4, 0.5) is 5.69 Å². The first-order valence-corrected chi connectivity index (χ1v) is 8.52.